The first kappa shape index (κ1) is 29.6. The summed E-state index contributed by atoms with van der Waals surface area (Å²) >= 11 is 0. The predicted molar refractivity (Wildman–Crippen MR) is 80.0 cm³/mol. The summed E-state index contributed by atoms with van der Waals surface area (Å²) in [5, 5.41) is 77.3. The molecule has 0 fully saturated rings. The van der Waals surface area contributed by atoms with Crippen LogP contribution in [-0.2, 0) is 19.2 Å². The molecule has 0 aliphatic heterocycles. The van der Waals surface area contributed by atoms with E-state index in [1.165, 1.54) is 0 Å². The summed E-state index contributed by atoms with van der Waals surface area (Å²) in [5.74, 6) is -5.02. The minimum atomic E-state index is -2.74. The van der Waals surface area contributed by atoms with Gasteiger partial charge in [0.15, 0.2) is 11.9 Å². The van der Waals surface area contributed by atoms with Crippen LogP contribution < -0.4 is 0 Å². The second-order valence-corrected chi connectivity index (χ2v) is 4.84. The van der Waals surface area contributed by atoms with Crippen molar-refractivity contribution in [2.24, 2.45) is 0 Å². The molecule has 0 aromatic heterocycles. The molecular weight excluding hydrogens is 375 g/mol. The molecule has 0 aromatic carbocycles. The zero-order chi connectivity index (χ0) is 20.4. The van der Waals surface area contributed by atoms with Crippen LogP contribution >= 0.6 is 0 Å². The van der Waals surface area contributed by atoms with Gasteiger partial charge in [-0.1, -0.05) is 0 Å². The van der Waals surface area contributed by atoms with Crippen molar-refractivity contribution in [3.05, 3.63) is 0 Å². The Morgan fingerprint density at radius 1 is 0.885 bits per heavy atom. The fourth-order valence-electron chi connectivity index (χ4n) is 1.33. The molecule has 14 heteroatoms. The molecule has 0 saturated carbocycles. The number of aliphatic carboxylic acids is 3. The number of rotatable bonds is 10. The molecule has 0 aromatic rings. The number of carbonyl (C=O) groups is 4. The van der Waals surface area contributed by atoms with Gasteiger partial charge >= 0.3 is 17.9 Å². The monoisotopic (exact) mass is 395 g/mol. The van der Waals surface area contributed by atoms with Crippen molar-refractivity contribution in [3.8, 4) is 0 Å². The first-order chi connectivity index (χ1) is 11.3. The zero-order valence-electron chi connectivity index (χ0n) is 13.7. The molecular formula is C12H20NaO13. The van der Waals surface area contributed by atoms with E-state index in [1.807, 2.05) is 0 Å². The van der Waals surface area contributed by atoms with Crippen molar-refractivity contribution in [2.75, 3.05) is 6.61 Å². The summed E-state index contributed by atoms with van der Waals surface area (Å²) in [6.07, 6.45) is -9.13. The standard InChI is InChI=1S/C6H8O7.C6H12O6.Na/c7-3(8)1-6(13,5(11)12)2-4(9)10;7-1-3(9)5(11)6(12)4(10)2-8;/h13H,1-2H2,(H,7,8)(H,9,10)(H,11,12);1,3-6,8-12H,2H2;/t;3-,4+,5+,6+;/m.0./s1. The Hall–Kier alpha value is -1.16. The average molecular weight is 395 g/mol. The van der Waals surface area contributed by atoms with Gasteiger partial charge in [0.05, 0.1) is 19.4 Å². The predicted octanol–water partition coefficient (Wildman–Crippen LogP) is -5.01. The second kappa shape index (κ2) is 14.0. The van der Waals surface area contributed by atoms with E-state index in [2.05, 4.69) is 0 Å². The topological polar surface area (TPSA) is 250 Å². The van der Waals surface area contributed by atoms with Crippen LogP contribution in [0.25, 0.3) is 0 Å². The van der Waals surface area contributed by atoms with Crippen molar-refractivity contribution >= 4 is 53.8 Å². The van der Waals surface area contributed by atoms with Gasteiger partial charge in [0.25, 0.3) is 0 Å². The van der Waals surface area contributed by atoms with Gasteiger partial charge in [0, 0.05) is 29.6 Å². The van der Waals surface area contributed by atoms with E-state index in [1.54, 1.807) is 0 Å². The molecule has 0 rings (SSSR count). The fourth-order valence-corrected chi connectivity index (χ4v) is 1.33. The molecule has 0 unspecified atom stereocenters. The summed E-state index contributed by atoms with van der Waals surface area (Å²) in [7, 11) is 0. The third kappa shape index (κ3) is 11.5. The minimum Gasteiger partial charge on any atom is -0.481 e. The minimum absolute atomic E-state index is 0. The third-order valence-corrected chi connectivity index (χ3v) is 2.71. The summed E-state index contributed by atoms with van der Waals surface area (Å²) in [6, 6.07) is 0. The van der Waals surface area contributed by atoms with Gasteiger partial charge in [-0.15, -0.1) is 0 Å². The molecule has 0 bridgehead atoms. The summed E-state index contributed by atoms with van der Waals surface area (Å²) in [4.78, 5) is 40.4. The van der Waals surface area contributed by atoms with Gasteiger partial charge in [-0.05, 0) is 0 Å². The molecule has 1 radical (unpaired) electrons. The molecule has 0 aliphatic carbocycles. The first-order valence-corrected chi connectivity index (χ1v) is 6.50. The van der Waals surface area contributed by atoms with Crippen LogP contribution in [0.15, 0.2) is 0 Å². The van der Waals surface area contributed by atoms with E-state index in [4.69, 9.17) is 46.0 Å². The largest absolute Gasteiger partial charge is 0.481 e. The molecule has 13 nitrogen and oxygen atoms in total. The number of aldehydes is 1. The van der Waals surface area contributed by atoms with Gasteiger partial charge in [-0.2, -0.15) is 0 Å². The van der Waals surface area contributed by atoms with E-state index in [9.17, 15) is 19.2 Å². The van der Waals surface area contributed by atoms with Gasteiger partial charge in [0.2, 0.25) is 0 Å². The van der Waals surface area contributed by atoms with Crippen LogP contribution in [0.4, 0.5) is 0 Å². The van der Waals surface area contributed by atoms with E-state index in [0.29, 0.717) is 0 Å². The van der Waals surface area contributed by atoms with E-state index >= 15 is 0 Å². The number of carboxylic acids is 3. The van der Waals surface area contributed by atoms with Crippen LogP contribution in [0, 0.1) is 0 Å². The molecule has 0 saturated heterocycles. The Labute approximate surface area is 168 Å². The number of carbonyl (C=O) groups excluding carboxylic acids is 1. The van der Waals surface area contributed by atoms with Crippen LogP contribution in [0.1, 0.15) is 12.8 Å². The maximum atomic E-state index is 10.3. The fraction of sp³-hybridized carbons (Fsp3) is 0.667. The first-order valence-electron chi connectivity index (χ1n) is 6.50. The van der Waals surface area contributed by atoms with Crippen molar-refractivity contribution in [3.63, 3.8) is 0 Å². The number of hydrogen-bond acceptors (Lipinski definition) is 10. The number of carboxylic acid groups (broad SMARTS) is 3. The van der Waals surface area contributed by atoms with Gasteiger partial charge in [-0.25, -0.2) is 4.79 Å². The smallest absolute Gasteiger partial charge is 0.336 e. The van der Waals surface area contributed by atoms with E-state index in [0.717, 1.165) is 0 Å². The van der Waals surface area contributed by atoms with Crippen molar-refractivity contribution < 1.29 is 65.1 Å². The number of aliphatic hydroxyl groups excluding tert-OH is 5. The molecule has 26 heavy (non-hydrogen) atoms. The summed E-state index contributed by atoms with van der Waals surface area (Å²) in [5.41, 5.74) is -2.74. The molecule has 0 amide bonds. The number of hydrogen-bond donors (Lipinski definition) is 9. The Morgan fingerprint density at radius 2 is 1.27 bits per heavy atom. The summed E-state index contributed by atoms with van der Waals surface area (Å²) < 4.78 is 0. The van der Waals surface area contributed by atoms with Crippen LogP contribution in [0.2, 0.25) is 0 Å². The van der Waals surface area contributed by atoms with Crippen molar-refractivity contribution in [1.82, 2.24) is 0 Å². The molecule has 4 atom stereocenters. The maximum absolute atomic E-state index is 10.3. The molecule has 0 heterocycles. The van der Waals surface area contributed by atoms with Gasteiger partial charge < -0.3 is 50.8 Å². The molecule has 9 N–H and O–H groups in total. The van der Waals surface area contributed by atoms with Crippen molar-refractivity contribution in [2.45, 2.75) is 42.9 Å². The Balaban J connectivity index is -0.000000393. The third-order valence-electron chi connectivity index (χ3n) is 2.71. The van der Waals surface area contributed by atoms with E-state index < -0.39 is 67.4 Å². The average Bonchev–Trinajstić information content (AvgIpc) is 2.50. The van der Waals surface area contributed by atoms with Crippen molar-refractivity contribution in [1.29, 1.82) is 0 Å². The number of aliphatic hydroxyl groups is 6. The van der Waals surface area contributed by atoms with Crippen LogP contribution in [-0.4, -0.2) is 136 Å². The Morgan fingerprint density at radius 3 is 1.50 bits per heavy atom. The van der Waals surface area contributed by atoms with Crippen LogP contribution in [0.3, 0.4) is 0 Å². The van der Waals surface area contributed by atoms with Crippen LogP contribution in [0.5, 0.6) is 0 Å². The SMILES string of the molecule is O=C(O)CC(O)(CC(=O)O)C(=O)O.O=C[C@H](O)[C@@H](O)[C@H](O)[C@H](O)CO.[Na]. The summed E-state index contributed by atoms with van der Waals surface area (Å²) in [6.45, 7) is -0.760. The van der Waals surface area contributed by atoms with Gasteiger partial charge in [-0.3, -0.25) is 9.59 Å². The second-order valence-electron chi connectivity index (χ2n) is 4.84. The maximum Gasteiger partial charge on any atom is 0.336 e. The molecule has 0 spiro atoms. The Kier molecular flexibility index (Phi) is 15.9. The molecule has 0 aliphatic rings. The normalized spacial score (nSPS) is 15.2. The van der Waals surface area contributed by atoms with Gasteiger partial charge in [0.1, 0.15) is 24.4 Å². The quantitative estimate of drug-likeness (QED) is 0.124. The zero-order valence-corrected chi connectivity index (χ0v) is 15.7. The molecule has 147 valence electrons. The van der Waals surface area contributed by atoms with E-state index in [-0.39, 0.29) is 35.8 Å². The Bertz CT molecular complexity index is 452.